The highest BCUT2D eigenvalue weighted by Gasteiger charge is 2.12. The molecule has 0 radical (unpaired) electrons. The Morgan fingerprint density at radius 3 is 3.00 bits per heavy atom. The Kier molecular flexibility index (Phi) is 3.61. The zero-order chi connectivity index (χ0) is 11.4. The van der Waals surface area contributed by atoms with Gasteiger partial charge in [0.25, 0.3) is 0 Å². The van der Waals surface area contributed by atoms with E-state index in [4.69, 9.17) is 5.84 Å². The largest absolute Gasteiger partial charge is 0.271 e. The van der Waals surface area contributed by atoms with Gasteiger partial charge in [0.1, 0.15) is 5.82 Å². The Hall–Kier alpha value is -1.30. The summed E-state index contributed by atoms with van der Waals surface area (Å²) >= 11 is 1.57. The van der Waals surface area contributed by atoms with Crippen molar-refractivity contribution in [3.05, 3.63) is 52.2 Å². The fourth-order valence-corrected chi connectivity index (χ4v) is 2.19. The van der Waals surface area contributed by atoms with Gasteiger partial charge < -0.3 is 0 Å². The van der Waals surface area contributed by atoms with Gasteiger partial charge in [-0.15, -0.1) is 11.3 Å². The number of hydrogen-bond donors (Lipinski definition) is 2. The Balaban J connectivity index is 2.16. The maximum absolute atomic E-state index is 13.1. The van der Waals surface area contributed by atoms with Gasteiger partial charge in [0, 0.05) is 18.0 Å². The molecular formula is C11H12FN3S. The maximum atomic E-state index is 13.1. The van der Waals surface area contributed by atoms with Crippen molar-refractivity contribution in [3.63, 3.8) is 0 Å². The fourth-order valence-electron chi connectivity index (χ4n) is 1.52. The summed E-state index contributed by atoms with van der Waals surface area (Å²) in [5.41, 5.74) is 3.52. The van der Waals surface area contributed by atoms with Gasteiger partial charge in [0.05, 0.1) is 11.0 Å². The first kappa shape index (κ1) is 11.2. The summed E-state index contributed by atoms with van der Waals surface area (Å²) in [6, 6.07) is 6.32. The molecule has 2 rings (SSSR count). The number of halogens is 1. The Morgan fingerprint density at radius 2 is 2.38 bits per heavy atom. The number of benzene rings is 1. The van der Waals surface area contributed by atoms with Crippen molar-refractivity contribution in [3.8, 4) is 0 Å². The predicted molar refractivity (Wildman–Crippen MR) is 62.3 cm³/mol. The summed E-state index contributed by atoms with van der Waals surface area (Å²) in [5.74, 6) is 5.22. The van der Waals surface area contributed by atoms with Crippen LogP contribution in [-0.4, -0.2) is 4.98 Å². The van der Waals surface area contributed by atoms with E-state index >= 15 is 0 Å². The van der Waals surface area contributed by atoms with E-state index in [1.807, 2.05) is 11.4 Å². The molecule has 3 N–H and O–H groups in total. The fraction of sp³-hybridized carbons (Fsp3) is 0.182. The molecule has 84 valence electrons. The summed E-state index contributed by atoms with van der Waals surface area (Å²) in [6.07, 6.45) is 2.41. The first-order valence-corrected chi connectivity index (χ1v) is 5.77. The summed E-state index contributed by atoms with van der Waals surface area (Å²) in [4.78, 5) is 4.18. The van der Waals surface area contributed by atoms with Gasteiger partial charge in [0.2, 0.25) is 0 Å². The second-order valence-corrected chi connectivity index (χ2v) is 4.38. The lowest BCUT2D eigenvalue weighted by molar-refractivity contribution is 0.543. The summed E-state index contributed by atoms with van der Waals surface area (Å²) in [7, 11) is 0. The number of nitrogens with two attached hydrogens (primary N) is 1. The van der Waals surface area contributed by atoms with Gasteiger partial charge in [-0.3, -0.25) is 11.3 Å². The van der Waals surface area contributed by atoms with E-state index in [1.165, 1.54) is 12.1 Å². The second kappa shape index (κ2) is 5.16. The average Bonchev–Trinajstić information content (AvgIpc) is 2.78. The molecule has 16 heavy (non-hydrogen) atoms. The zero-order valence-corrected chi connectivity index (χ0v) is 9.38. The second-order valence-electron chi connectivity index (χ2n) is 3.40. The van der Waals surface area contributed by atoms with E-state index in [0.29, 0.717) is 6.42 Å². The smallest absolute Gasteiger partial charge is 0.123 e. The lowest BCUT2D eigenvalue weighted by Crippen LogP contribution is -2.29. The molecule has 3 nitrogen and oxygen atoms in total. The average molecular weight is 237 g/mol. The zero-order valence-electron chi connectivity index (χ0n) is 8.56. The third-order valence-corrected chi connectivity index (χ3v) is 3.12. The van der Waals surface area contributed by atoms with Gasteiger partial charge in [-0.05, 0) is 17.7 Å². The molecule has 0 aliphatic carbocycles. The van der Waals surface area contributed by atoms with Crippen molar-refractivity contribution in [1.29, 1.82) is 0 Å². The molecule has 0 amide bonds. The molecule has 0 aliphatic heterocycles. The lowest BCUT2D eigenvalue weighted by Gasteiger charge is -2.14. The highest BCUT2D eigenvalue weighted by Crippen LogP contribution is 2.19. The molecule has 0 aliphatic rings. The molecule has 0 saturated carbocycles. The van der Waals surface area contributed by atoms with Crippen molar-refractivity contribution in [2.45, 2.75) is 12.5 Å². The van der Waals surface area contributed by atoms with Crippen molar-refractivity contribution in [2.24, 2.45) is 5.84 Å². The van der Waals surface area contributed by atoms with Crippen LogP contribution in [0.15, 0.2) is 35.8 Å². The van der Waals surface area contributed by atoms with Crippen molar-refractivity contribution >= 4 is 11.3 Å². The number of nitrogens with zero attached hydrogens (tertiary/aromatic N) is 1. The van der Waals surface area contributed by atoms with Crippen LogP contribution in [0.4, 0.5) is 4.39 Å². The minimum atomic E-state index is -0.253. The van der Waals surface area contributed by atoms with Crippen LogP contribution in [0.2, 0.25) is 0 Å². The summed E-state index contributed by atoms with van der Waals surface area (Å²) < 4.78 is 13.1. The number of aromatic nitrogens is 1. The van der Waals surface area contributed by atoms with Crippen LogP contribution in [0.25, 0.3) is 0 Å². The lowest BCUT2D eigenvalue weighted by atomic mass is 10.0. The SMILES string of the molecule is NNC(Cc1nccs1)c1cccc(F)c1. The minimum absolute atomic E-state index is 0.109. The first-order valence-electron chi connectivity index (χ1n) is 4.89. The molecule has 0 fully saturated rings. The molecule has 1 heterocycles. The molecule has 1 aromatic carbocycles. The third-order valence-electron chi connectivity index (χ3n) is 2.31. The molecule has 1 aromatic heterocycles. The highest BCUT2D eigenvalue weighted by atomic mass is 32.1. The van der Waals surface area contributed by atoms with E-state index in [9.17, 15) is 4.39 Å². The number of thiazole rings is 1. The van der Waals surface area contributed by atoms with Crippen LogP contribution >= 0.6 is 11.3 Å². The van der Waals surface area contributed by atoms with E-state index in [0.717, 1.165) is 10.6 Å². The van der Waals surface area contributed by atoms with Gasteiger partial charge in [-0.1, -0.05) is 12.1 Å². The Labute approximate surface area is 97.1 Å². The van der Waals surface area contributed by atoms with Crippen molar-refractivity contribution in [2.75, 3.05) is 0 Å². The van der Waals surface area contributed by atoms with E-state index in [1.54, 1.807) is 23.6 Å². The van der Waals surface area contributed by atoms with Gasteiger partial charge in [-0.2, -0.15) is 0 Å². The number of hydrazine groups is 1. The molecule has 1 atom stereocenters. The minimum Gasteiger partial charge on any atom is -0.271 e. The van der Waals surface area contributed by atoms with Crippen molar-refractivity contribution in [1.82, 2.24) is 10.4 Å². The number of hydrogen-bond acceptors (Lipinski definition) is 4. The van der Waals surface area contributed by atoms with E-state index < -0.39 is 0 Å². The Morgan fingerprint density at radius 1 is 1.50 bits per heavy atom. The topological polar surface area (TPSA) is 50.9 Å². The van der Waals surface area contributed by atoms with Crippen LogP contribution in [0.1, 0.15) is 16.6 Å². The van der Waals surface area contributed by atoms with Crippen LogP contribution in [0.3, 0.4) is 0 Å². The van der Waals surface area contributed by atoms with Gasteiger partial charge >= 0.3 is 0 Å². The van der Waals surface area contributed by atoms with Crippen LogP contribution in [-0.2, 0) is 6.42 Å². The molecule has 0 saturated heterocycles. The third kappa shape index (κ3) is 2.63. The normalized spacial score (nSPS) is 12.6. The van der Waals surface area contributed by atoms with E-state index in [-0.39, 0.29) is 11.9 Å². The maximum Gasteiger partial charge on any atom is 0.123 e. The summed E-state index contributed by atoms with van der Waals surface area (Å²) in [5, 5.41) is 2.89. The van der Waals surface area contributed by atoms with Gasteiger partial charge in [0.15, 0.2) is 0 Å². The first-order chi connectivity index (χ1) is 7.79. The van der Waals surface area contributed by atoms with Gasteiger partial charge in [-0.25, -0.2) is 9.37 Å². The molecule has 0 bridgehead atoms. The molecule has 5 heteroatoms. The monoisotopic (exact) mass is 237 g/mol. The van der Waals surface area contributed by atoms with E-state index in [2.05, 4.69) is 10.4 Å². The number of nitrogens with one attached hydrogen (secondary N) is 1. The quantitative estimate of drug-likeness (QED) is 0.632. The van der Waals surface area contributed by atoms with Crippen molar-refractivity contribution < 1.29 is 4.39 Å². The molecular weight excluding hydrogens is 225 g/mol. The molecule has 0 spiro atoms. The van der Waals surface area contributed by atoms with Crippen LogP contribution < -0.4 is 11.3 Å². The Bertz CT molecular complexity index is 444. The molecule has 1 unspecified atom stereocenters. The number of rotatable bonds is 4. The highest BCUT2D eigenvalue weighted by molar-refractivity contribution is 7.09. The van der Waals surface area contributed by atoms with Crippen LogP contribution in [0.5, 0.6) is 0 Å². The summed E-state index contributed by atoms with van der Waals surface area (Å²) in [6.45, 7) is 0. The molecule has 2 aromatic rings. The predicted octanol–water partition coefficient (Wildman–Crippen LogP) is 2.03. The van der Waals surface area contributed by atoms with Crippen LogP contribution in [0, 0.1) is 5.82 Å². The standard InChI is InChI=1S/C11H12FN3S/c12-9-3-1-2-8(6-9)10(15-13)7-11-14-4-5-16-11/h1-6,10,15H,7,13H2.